The summed E-state index contributed by atoms with van der Waals surface area (Å²) in [4.78, 5) is 2.35. The van der Waals surface area contributed by atoms with Crippen LogP contribution in [0, 0.1) is 0 Å². The van der Waals surface area contributed by atoms with Crippen molar-refractivity contribution in [2.24, 2.45) is 0 Å². The molecule has 0 spiro atoms. The van der Waals surface area contributed by atoms with E-state index in [9.17, 15) is 13.2 Å². The molecule has 1 fully saturated rings. The third kappa shape index (κ3) is 5.30. The van der Waals surface area contributed by atoms with E-state index in [-0.39, 0.29) is 12.1 Å². The maximum absolute atomic E-state index is 13.0. The fourth-order valence-electron chi connectivity index (χ4n) is 3.07. The molecule has 0 bridgehead atoms. The molecule has 140 valence electrons. The number of alkyl halides is 3. The molecule has 0 unspecified atom stereocenters. The van der Waals surface area contributed by atoms with Crippen molar-refractivity contribution in [3.8, 4) is 0 Å². The lowest BCUT2D eigenvalue weighted by Gasteiger charge is -2.26. The standard InChI is InChI=1S/C20H23F3N2O/c21-20(22,23)19-4-2-1-3-18(19)14-24-13-16-5-7-17(8-6-16)15-25-9-11-26-12-10-25/h1-8,24H,9-15H2. The Morgan fingerprint density at radius 2 is 1.54 bits per heavy atom. The quantitative estimate of drug-likeness (QED) is 0.843. The molecular weight excluding hydrogens is 341 g/mol. The largest absolute Gasteiger partial charge is 0.416 e. The lowest BCUT2D eigenvalue weighted by atomic mass is 10.1. The average molecular weight is 364 g/mol. The molecule has 0 amide bonds. The molecule has 0 atom stereocenters. The number of benzene rings is 2. The van der Waals surface area contributed by atoms with Crippen LogP contribution in [-0.2, 0) is 30.5 Å². The molecule has 26 heavy (non-hydrogen) atoms. The Labute approximate surface area is 151 Å². The predicted molar refractivity (Wildman–Crippen MR) is 94.5 cm³/mol. The third-order valence-corrected chi connectivity index (χ3v) is 4.50. The van der Waals surface area contributed by atoms with Gasteiger partial charge < -0.3 is 10.1 Å². The normalized spacial score (nSPS) is 16.0. The van der Waals surface area contributed by atoms with Gasteiger partial charge in [0.05, 0.1) is 18.8 Å². The van der Waals surface area contributed by atoms with Crippen molar-refractivity contribution in [1.29, 1.82) is 0 Å². The Balaban J connectivity index is 1.51. The van der Waals surface area contributed by atoms with Gasteiger partial charge in [0, 0.05) is 32.7 Å². The number of ether oxygens (including phenoxy) is 1. The molecule has 6 heteroatoms. The van der Waals surface area contributed by atoms with Crippen LogP contribution in [0.4, 0.5) is 13.2 Å². The first-order valence-corrected chi connectivity index (χ1v) is 8.76. The van der Waals surface area contributed by atoms with Gasteiger partial charge in [0.1, 0.15) is 0 Å². The molecule has 3 rings (SSSR count). The van der Waals surface area contributed by atoms with Gasteiger partial charge in [-0.3, -0.25) is 4.90 Å². The maximum atomic E-state index is 13.0. The molecule has 0 saturated carbocycles. The lowest BCUT2D eigenvalue weighted by Crippen LogP contribution is -2.35. The molecular formula is C20H23F3N2O. The fourth-order valence-corrected chi connectivity index (χ4v) is 3.07. The van der Waals surface area contributed by atoms with E-state index in [1.54, 1.807) is 6.07 Å². The molecule has 0 aliphatic carbocycles. The summed E-state index contributed by atoms with van der Waals surface area (Å²) in [6.45, 7) is 5.07. The minimum absolute atomic E-state index is 0.186. The minimum Gasteiger partial charge on any atom is -0.379 e. The number of nitrogens with zero attached hydrogens (tertiary/aromatic N) is 1. The Hall–Kier alpha value is -1.89. The number of hydrogen-bond acceptors (Lipinski definition) is 3. The van der Waals surface area contributed by atoms with E-state index in [1.807, 2.05) is 12.1 Å². The van der Waals surface area contributed by atoms with Gasteiger partial charge in [0.15, 0.2) is 0 Å². The van der Waals surface area contributed by atoms with Crippen LogP contribution >= 0.6 is 0 Å². The number of nitrogens with one attached hydrogen (secondary N) is 1. The predicted octanol–water partition coefficient (Wildman–Crippen LogP) is 3.83. The highest BCUT2D eigenvalue weighted by Gasteiger charge is 2.32. The van der Waals surface area contributed by atoms with E-state index < -0.39 is 11.7 Å². The van der Waals surface area contributed by atoms with Gasteiger partial charge in [-0.1, -0.05) is 42.5 Å². The van der Waals surface area contributed by atoms with E-state index >= 15 is 0 Å². The Morgan fingerprint density at radius 3 is 2.23 bits per heavy atom. The van der Waals surface area contributed by atoms with Gasteiger partial charge in [-0.25, -0.2) is 0 Å². The van der Waals surface area contributed by atoms with Crippen LogP contribution in [0.5, 0.6) is 0 Å². The van der Waals surface area contributed by atoms with Gasteiger partial charge in [-0.2, -0.15) is 13.2 Å². The molecule has 0 aromatic heterocycles. The van der Waals surface area contributed by atoms with Crippen molar-refractivity contribution < 1.29 is 17.9 Å². The highest BCUT2D eigenvalue weighted by atomic mass is 19.4. The lowest BCUT2D eigenvalue weighted by molar-refractivity contribution is -0.138. The fraction of sp³-hybridized carbons (Fsp3) is 0.400. The van der Waals surface area contributed by atoms with Gasteiger partial charge >= 0.3 is 6.18 Å². The zero-order valence-corrected chi connectivity index (χ0v) is 14.6. The topological polar surface area (TPSA) is 24.5 Å². The third-order valence-electron chi connectivity index (χ3n) is 4.50. The highest BCUT2D eigenvalue weighted by Crippen LogP contribution is 2.31. The first-order valence-electron chi connectivity index (χ1n) is 8.76. The minimum atomic E-state index is -4.32. The SMILES string of the molecule is FC(F)(F)c1ccccc1CNCc1ccc(CN2CCOCC2)cc1. The second-order valence-electron chi connectivity index (χ2n) is 6.46. The first kappa shape index (κ1) is 18.9. The zero-order valence-electron chi connectivity index (χ0n) is 14.6. The summed E-state index contributed by atoms with van der Waals surface area (Å²) in [5.74, 6) is 0. The van der Waals surface area contributed by atoms with Gasteiger partial charge in [0.25, 0.3) is 0 Å². The van der Waals surface area contributed by atoms with Crippen LogP contribution in [-0.4, -0.2) is 31.2 Å². The Morgan fingerprint density at radius 1 is 0.885 bits per heavy atom. The van der Waals surface area contributed by atoms with Crippen LogP contribution in [0.1, 0.15) is 22.3 Å². The van der Waals surface area contributed by atoms with Crippen molar-refractivity contribution in [2.75, 3.05) is 26.3 Å². The number of halogens is 3. The molecule has 1 saturated heterocycles. The number of morpholine rings is 1. The maximum Gasteiger partial charge on any atom is 0.416 e. The second kappa shape index (κ2) is 8.66. The summed E-state index contributed by atoms with van der Waals surface area (Å²) >= 11 is 0. The number of rotatable bonds is 6. The van der Waals surface area contributed by atoms with Crippen molar-refractivity contribution in [3.63, 3.8) is 0 Å². The summed E-state index contributed by atoms with van der Waals surface area (Å²) in [5.41, 5.74) is 1.98. The van der Waals surface area contributed by atoms with Crippen LogP contribution in [0.15, 0.2) is 48.5 Å². The van der Waals surface area contributed by atoms with E-state index in [0.717, 1.165) is 44.5 Å². The van der Waals surface area contributed by atoms with Crippen LogP contribution in [0.3, 0.4) is 0 Å². The van der Waals surface area contributed by atoms with E-state index in [4.69, 9.17) is 4.74 Å². The van der Waals surface area contributed by atoms with Crippen molar-refractivity contribution in [1.82, 2.24) is 10.2 Å². The average Bonchev–Trinajstić information content (AvgIpc) is 2.64. The first-order chi connectivity index (χ1) is 12.5. The summed E-state index contributed by atoms with van der Waals surface area (Å²) in [6.07, 6.45) is -4.32. The zero-order chi connectivity index (χ0) is 18.4. The van der Waals surface area contributed by atoms with E-state index in [1.165, 1.54) is 17.7 Å². The smallest absolute Gasteiger partial charge is 0.379 e. The molecule has 1 heterocycles. The second-order valence-corrected chi connectivity index (χ2v) is 6.46. The molecule has 1 N–H and O–H groups in total. The van der Waals surface area contributed by atoms with Gasteiger partial charge in [0.2, 0.25) is 0 Å². The van der Waals surface area contributed by atoms with Crippen LogP contribution in [0.25, 0.3) is 0 Å². The van der Waals surface area contributed by atoms with Gasteiger partial charge in [-0.05, 0) is 22.8 Å². The number of hydrogen-bond donors (Lipinski definition) is 1. The van der Waals surface area contributed by atoms with Crippen molar-refractivity contribution >= 4 is 0 Å². The monoisotopic (exact) mass is 364 g/mol. The summed E-state index contributed by atoms with van der Waals surface area (Å²) < 4.78 is 44.3. The van der Waals surface area contributed by atoms with E-state index in [0.29, 0.717) is 6.54 Å². The van der Waals surface area contributed by atoms with E-state index in [2.05, 4.69) is 22.3 Å². The Bertz CT molecular complexity index is 695. The summed E-state index contributed by atoms with van der Waals surface area (Å²) in [7, 11) is 0. The summed E-state index contributed by atoms with van der Waals surface area (Å²) in [6, 6.07) is 13.9. The van der Waals surface area contributed by atoms with Gasteiger partial charge in [-0.15, -0.1) is 0 Å². The van der Waals surface area contributed by atoms with Crippen LogP contribution in [0.2, 0.25) is 0 Å². The molecule has 1 aliphatic rings. The highest BCUT2D eigenvalue weighted by molar-refractivity contribution is 5.29. The summed E-state index contributed by atoms with van der Waals surface area (Å²) in [5, 5.41) is 3.10. The Kier molecular flexibility index (Phi) is 6.29. The molecule has 2 aromatic carbocycles. The molecule has 1 aliphatic heterocycles. The molecule has 3 nitrogen and oxygen atoms in total. The van der Waals surface area contributed by atoms with Crippen molar-refractivity contribution in [2.45, 2.75) is 25.8 Å². The molecule has 0 radical (unpaired) electrons. The molecule has 2 aromatic rings. The van der Waals surface area contributed by atoms with Crippen molar-refractivity contribution in [3.05, 3.63) is 70.8 Å². The van der Waals surface area contributed by atoms with Crippen LogP contribution < -0.4 is 5.32 Å².